The van der Waals surface area contributed by atoms with E-state index in [1.807, 2.05) is 43.3 Å². The maximum atomic E-state index is 13.7. The number of pyridine rings is 1. The number of carbonyl (C=O) groups is 2. The van der Waals surface area contributed by atoms with Crippen molar-refractivity contribution in [3.05, 3.63) is 65.1 Å². The summed E-state index contributed by atoms with van der Waals surface area (Å²) in [5, 5.41) is -0.0575. The first kappa shape index (κ1) is 20.1. The largest absolute Gasteiger partial charge is 0.497 e. The maximum Gasteiger partial charge on any atom is 0.295 e. The number of aromatic nitrogens is 1. The highest BCUT2D eigenvalue weighted by Gasteiger charge is 2.53. The van der Waals surface area contributed by atoms with Crippen molar-refractivity contribution < 1.29 is 19.1 Å². The van der Waals surface area contributed by atoms with E-state index in [2.05, 4.69) is 4.98 Å². The molecule has 0 bridgehead atoms. The molecular weight excluding hydrogens is 416 g/mol. The van der Waals surface area contributed by atoms with Crippen molar-refractivity contribution in [1.82, 2.24) is 4.98 Å². The number of hydrogen-bond acceptors (Lipinski definition) is 5. The first-order valence-electron chi connectivity index (χ1n) is 10.5. The fourth-order valence-corrected chi connectivity index (χ4v) is 5.15. The molecule has 1 fully saturated rings. The summed E-state index contributed by atoms with van der Waals surface area (Å²) in [4.78, 5) is 33.3. The van der Waals surface area contributed by atoms with Crippen LogP contribution in [0.25, 0.3) is 0 Å². The molecule has 1 saturated carbocycles. The molecule has 1 amide bonds. The number of amides is 1. The summed E-state index contributed by atoms with van der Waals surface area (Å²) in [6, 6.07) is 10.5. The summed E-state index contributed by atoms with van der Waals surface area (Å²) < 4.78 is 11.6. The SMILES string of the molecule is COc1cccc(C2C3=C(OC4CCC(Cl)CC4C3=O)C(=O)N2c2cc(C)ccn2)c1. The van der Waals surface area contributed by atoms with Gasteiger partial charge in [0.05, 0.1) is 24.6 Å². The van der Waals surface area contributed by atoms with Crippen LogP contribution in [0.15, 0.2) is 53.9 Å². The number of methoxy groups -OCH3 is 1. The Kier molecular flexibility index (Phi) is 4.97. The molecule has 160 valence electrons. The quantitative estimate of drug-likeness (QED) is 0.674. The summed E-state index contributed by atoms with van der Waals surface area (Å²) >= 11 is 6.38. The number of ether oxygens (including phenoxy) is 2. The first-order valence-corrected chi connectivity index (χ1v) is 10.9. The average molecular weight is 439 g/mol. The molecule has 0 spiro atoms. The maximum absolute atomic E-state index is 13.7. The Bertz CT molecular complexity index is 1100. The topological polar surface area (TPSA) is 68.7 Å². The number of halogens is 1. The van der Waals surface area contributed by atoms with Gasteiger partial charge in [-0.3, -0.25) is 14.5 Å². The number of nitrogens with zero attached hydrogens (tertiary/aromatic N) is 2. The van der Waals surface area contributed by atoms with Crippen molar-refractivity contribution in [1.29, 1.82) is 0 Å². The van der Waals surface area contributed by atoms with Gasteiger partial charge >= 0.3 is 0 Å². The van der Waals surface area contributed by atoms with E-state index in [1.54, 1.807) is 18.2 Å². The molecule has 3 heterocycles. The van der Waals surface area contributed by atoms with Crippen LogP contribution >= 0.6 is 11.6 Å². The van der Waals surface area contributed by atoms with Gasteiger partial charge in [0.15, 0.2) is 11.5 Å². The Hall–Kier alpha value is -2.86. The van der Waals surface area contributed by atoms with Crippen LogP contribution < -0.4 is 9.64 Å². The molecule has 4 unspecified atom stereocenters. The highest BCUT2D eigenvalue weighted by Crippen LogP contribution is 2.48. The van der Waals surface area contributed by atoms with Crippen molar-refractivity contribution in [3.8, 4) is 5.75 Å². The van der Waals surface area contributed by atoms with E-state index < -0.39 is 6.04 Å². The lowest BCUT2D eigenvalue weighted by atomic mass is 9.77. The molecule has 7 heteroatoms. The lowest BCUT2D eigenvalue weighted by Gasteiger charge is -2.37. The van der Waals surface area contributed by atoms with Gasteiger partial charge in [0.1, 0.15) is 17.7 Å². The smallest absolute Gasteiger partial charge is 0.295 e. The monoisotopic (exact) mass is 438 g/mol. The van der Waals surface area contributed by atoms with Crippen LogP contribution in [0, 0.1) is 12.8 Å². The van der Waals surface area contributed by atoms with E-state index in [1.165, 1.54) is 0 Å². The lowest BCUT2D eigenvalue weighted by molar-refractivity contribution is -0.131. The summed E-state index contributed by atoms with van der Waals surface area (Å²) in [7, 11) is 1.59. The number of ketones is 1. The van der Waals surface area contributed by atoms with E-state index in [4.69, 9.17) is 21.1 Å². The Morgan fingerprint density at radius 2 is 2.03 bits per heavy atom. The molecule has 2 aromatic rings. The molecule has 5 rings (SSSR count). The molecule has 4 atom stereocenters. The third-order valence-electron chi connectivity index (χ3n) is 6.34. The number of anilines is 1. The van der Waals surface area contributed by atoms with Gasteiger partial charge in [-0.1, -0.05) is 12.1 Å². The van der Waals surface area contributed by atoms with E-state index >= 15 is 0 Å². The second-order valence-electron chi connectivity index (χ2n) is 8.33. The third kappa shape index (κ3) is 3.30. The average Bonchev–Trinajstić information content (AvgIpc) is 3.07. The van der Waals surface area contributed by atoms with Gasteiger partial charge < -0.3 is 9.47 Å². The molecule has 0 N–H and O–H groups in total. The van der Waals surface area contributed by atoms with E-state index in [0.29, 0.717) is 30.0 Å². The molecule has 1 aliphatic carbocycles. The Labute approximate surface area is 185 Å². The fraction of sp³-hybridized carbons (Fsp3) is 0.375. The number of fused-ring (bicyclic) bond motifs is 1. The number of alkyl halides is 1. The van der Waals surface area contributed by atoms with Gasteiger partial charge in [0.2, 0.25) is 0 Å². The van der Waals surface area contributed by atoms with Crippen LogP contribution in [0.3, 0.4) is 0 Å². The molecule has 1 aromatic carbocycles. The number of hydrogen-bond donors (Lipinski definition) is 0. The van der Waals surface area contributed by atoms with Crippen LogP contribution in [0.5, 0.6) is 5.75 Å². The highest BCUT2D eigenvalue weighted by molar-refractivity contribution is 6.21. The van der Waals surface area contributed by atoms with Gasteiger partial charge in [-0.05, 0) is 61.6 Å². The van der Waals surface area contributed by atoms with Crippen LogP contribution in [-0.2, 0) is 14.3 Å². The zero-order chi connectivity index (χ0) is 21.7. The molecule has 2 aliphatic heterocycles. The molecule has 3 aliphatic rings. The second-order valence-corrected chi connectivity index (χ2v) is 8.94. The summed E-state index contributed by atoms with van der Waals surface area (Å²) in [6.45, 7) is 1.94. The number of aryl methyl sites for hydroxylation is 1. The van der Waals surface area contributed by atoms with Gasteiger partial charge in [-0.2, -0.15) is 0 Å². The molecule has 6 nitrogen and oxygen atoms in total. The van der Waals surface area contributed by atoms with Gasteiger partial charge in [-0.25, -0.2) is 4.98 Å². The third-order valence-corrected chi connectivity index (χ3v) is 6.74. The molecule has 0 saturated heterocycles. The molecule has 1 aromatic heterocycles. The van der Waals surface area contributed by atoms with Gasteiger partial charge in [0.25, 0.3) is 5.91 Å². The first-order chi connectivity index (χ1) is 15.0. The Morgan fingerprint density at radius 3 is 2.81 bits per heavy atom. The van der Waals surface area contributed by atoms with Crippen molar-refractivity contribution in [2.24, 2.45) is 5.92 Å². The van der Waals surface area contributed by atoms with E-state index in [0.717, 1.165) is 17.5 Å². The summed E-state index contributed by atoms with van der Waals surface area (Å²) in [6.07, 6.45) is 3.36. The second kappa shape index (κ2) is 7.68. The minimum Gasteiger partial charge on any atom is -0.497 e. The van der Waals surface area contributed by atoms with Crippen molar-refractivity contribution in [2.75, 3.05) is 12.0 Å². The van der Waals surface area contributed by atoms with Crippen molar-refractivity contribution >= 4 is 29.1 Å². The van der Waals surface area contributed by atoms with Crippen LogP contribution in [0.4, 0.5) is 5.82 Å². The molecule has 0 radical (unpaired) electrons. The van der Waals surface area contributed by atoms with Gasteiger partial charge in [0, 0.05) is 11.6 Å². The summed E-state index contributed by atoms with van der Waals surface area (Å²) in [5.74, 6) is 0.573. The van der Waals surface area contributed by atoms with Crippen LogP contribution in [0.2, 0.25) is 0 Å². The standard InChI is InChI=1S/C24H23ClN2O4/c1-13-8-9-26-19(10-13)27-21(14-4-3-5-16(11-14)30-2)20-22(28)17-12-15(25)6-7-18(17)31-23(20)24(27)29/h3-5,8-11,15,17-18,21H,6-7,12H2,1-2H3. The Morgan fingerprint density at radius 1 is 1.19 bits per heavy atom. The van der Waals surface area contributed by atoms with E-state index in [9.17, 15) is 9.59 Å². The lowest BCUT2D eigenvalue weighted by Crippen LogP contribution is -2.41. The predicted octanol–water partition coefficient (Wildman–Crippen LogP) is 4.12. The molecular formula is C24H23ClN2O4. The minimum atomic E-state index is -0.629. The normalized spacial score (nSPS) is 27.6. The minimum absolute atomic E-state index is 0.0482. The van der Waals surface area contributed by atoms with Crippen molar-refractivity contribution in [2.45, 2.75) is 43.7 Å². The van der Waals surface area contributed by atoms with Crippen LogP contribution in [0.1, 0.15) is 36.4 Å². The number of benzene rings is 1. The Balaban J connectivity index is 1.66. The highest BCUT2D eigenvalue weighted by atomic mass is 35.5. The molecule has 31 heavy (non-hydrogen) atoms. The zero-order valence-electron chi connectivity index (χ0n) is 17.4. The number of rotatable bonds is 3. The predicted molar refractivity (Wildman–Crippen MR) is 116 cm³/mol. The van der Waals surface area contributed by atoms with Gasteiger partial charge in [-0.15, -0.1) is 11.6 Å². The van der Waals surface area contributed by atoms with Crippen LogP contribution in [-0.4, -0.2) is 35.3 Å². The summed E-state index contributed by atoms with van der Waals surface area (Å²) in [5.41, 5.74) is 2.14. The van der Waals surface area contributed by atoms with Crippen molar-refractivity contribution in [3.63, 3.8) is 0 Å². The number of carbonyl (C=O) groups excluding carboxylic acids is 2. The zero-order valence-corrected chi connectivity index (χ0v) is 18.1. The van der Waals surface area contributed by atoms with E-state index in [-0.39, 0.29) is 34.8 Å². The fourth-order valence-electron chi connectivity index (χ4n) is 4.83. The number of Topliss-reactive ketones (excluding diaryl/α,β-unsaturated/α-hetero) is 1.